The summed E-state index contributed by atoms with van der Waals surface area (Å²) in [7, 11) is -3.67. The molecule has 9 heteroatoms. The number of sulfonamides is 1. The molecule has 2 aromatic rings. The van der Waals surface area contributed by atoms with Gasteiger partial charge < -0.3 is 10.2 Å². The van der Waals surface area contributed by atoms with Gasteiger partial charge in [0.15, 0.2) is 0 Å². The lowest BCUT2D eigenvalue weighted by atomic mass is 9.97. The number of benzene rings is 2. The van der Waals surface area contributed by atoms with Gasteiger partial charge in [0.1, 0.15) is 0 Å². The predicted octanol–water partition coefficient (Wildman–Crippen LogP) is 4.48. The number of nitrogens with one attached hydrogen (secondary N) is 1. The third kappa shape index (κ3) is 4.78. The van der Waals surface area contributed by atoms with E-state index in [0.29, 0.717) is 32.4 Å². The van der Waals surface area contributed by atoms with E-state index in [2.05, 4.69) is 21.2 Å². The van der Waals surface area contributed by atoms with Crippen molar-refractivity contribution in [2.24, 2.45) is 11.8 Å². The van der Waals surface area contributed by atoms with Crippen LogP contribution in [0.2, 0.25) is 0 Å². The highest BCUT2D eigenvalue weighted by Gasteiger charge is 2.40. The van der Waals surface area contributed by atoms with Crippen LogP contribution in [0.4, 0.5) is 11.4 Å². The fourth-order valence-corrected chi connectivity index (χ4v) is 6.87. The molecule has 1 atom stereocenters. The number of carbonyl (C=O) groups excluding carboxylic acids is 2. The van der Waals surface area contributed by atoms with Gasteiger partial charge in [0.05, 0.1) is 4.90 Å². The van der Waals surface area contributed by atoms with E-state index in [9.17, 15) is 18.0 Å². The number of fused-ring (bicyclic) bond motifs is 1. The Morgan fingerprint density at radius 3 is 2.37 bits per heavy atom. The summed E-state index contributed by atoms with van der Waals surface area (Å²) < 4.78 is 29.2. The minimum absolute atomic E-state index is 0.0415. The lowest BCUT2D eigenvalue weighted by molar-refractivity contribution is -0.121. The number of nitrogens with zero attached hydrogens (tertiary/aromatic N) is 2. The van der Waals surface area contributed by atoms with Crippen LogP contribution in [0.15, 0.2) is 45.8 Å². The monoisotopic (exact) mass is 559 g/mol. The molecule has 0 bridgehead atoms. The minimum atomic E-state index is -3.67. The Morgan fingerprint density at radius 1 is 1.00 bits per heavy atom. The van der Waals surface area contributed by atoms with Gasteiger partial charge in [-0.2, -0.15) is 4.31 Å². The maximum absolute atomic E-state index is 13.4. The van der Waals surface area contributed by atoms with E-state index < -0.39 is 10.0 Å². The Balaban J connectivity index is 1.24. The number of amides is 2. The van der Waals surface area contributed by atoms with Crippen LogP contribution in [-0.4, -0.2) is 43.7 Å². The Hall–Kier alpha value is -2.23. The molecule has 1 saturated carbocycles. The van der Waals surface area contributed by atoms with E-state index in [0.717, 1.165) is 39.8 Å². The lowest BCUT2D eigenvalue weighted by Gasteiger charge is -2.30. The minimum Gasteiger partial charge on any atom is -0.326 e. The first-order valence-electron chi connectivity index (χ1n) is 12.2. The summed E-state index contributed by atoms with van der Waals surface area (Å²) in [6, 6.07) is 10.8. The van der Waals surface area contributed by atoms with Crippen molar-refractivity contribution in [3.8, 4) is 0 Å². The molecule has 2 fully saturated rings. The first-order valence-corrected chi connectivity index (χ1v) is 14.4. The Labute approximate surface area is 215 Å². The van der Waals surface area contributed by atoms with Gasteiger partial charge >= 0.3 is 0 Å². The average molecular weight is 561 g/mol. The molecule has 2 heterocycles. The molecule has 0 radical (unpaired) electrons. The smallest absolute Gasteiger partial charge is 0.243 e. The third-order valence-corrected chi connectivity index (χ3v) is 10.1. The summed E-state index contributed by atoms with van der Waals surface area (Å²) in [5.74, 6) is -0.0208. The second-order valence-corrected chi connectivity index (χ2v) is 12.8. The largest absolute Gasteiger partial charge is 0.326 e. The Morgan fingerprint density at radius 2 is 1.71 bits per heavy atom. The van der Waals surface area contributed by atoms with Crippen molar-refractivity contribution in [2.45, 2.75) is 56.9 Å². The summed E-state index contributed by atoms with van der Waals surface area (Å²) in [6.07, 6.45) is 3.51. The molecule has 2 aliphatic heterocycles. The van der Waals surface area contributed by atoms with Crippen molar-refractivity contribution in [2.75, 3.05) is 23.3 Å². The fourth-order valence-electron chi connectivity index (χ4n) is 5.10. The molecule has 5 rings (SSSR count). The van der Waals surface area contributed by atoms with Crippen molar-refractivity contribution in [3.63, 3.8) is 0 Å². The molecule has 0 spiro atoms. The van der Waals surface area contributed by atoms with Crippen molar-refractivity contribution in [3.05, 3.63) is 52.0 Å². The van der Waals surface area contributed by atoms with Crippen molar-refractivity contribution in [1.29, 1.82) is 0 Å². The summed E-state index contributed by atoms with van der Waals surface area (Å²) in [5.41, 5.74) is 3.53. The molecule has 7 nitrogen and oxygen atoms in total. The zero-order valence-electron chi connectivity index (χ0n) is 20.0. The van der Waals surface area contributed by atoms with E-state index in [1.165, 1.54) is 4.31 Å². The standard InChI is InChI=1S/C26H30BrN3O4S/c1-16-13-21(5-7-23(16)27)28-25(31)18-9-11-29(12-10-18)35(33,34)22-6-8-24-20(15-22)14-17(2)30(24)26(32)19-3-4-19/h5-8,13,15,17-19H,3-4,9-12,14H2,1-2H3,(H,28,31)/t17-/m0/s1. The van der Waals surface area contributed by atoms with Crippen LogP contribution < -0.4 is 10.2 Å². The topological polar surface area (TPSA) is 86.8 Å². The Bertz CT molecular complexity index is 1280. The van der Waals surface area contributed by atoms with E-state index in [1.807, 2.05) is 36.9 Å². The van der Waals surface area contributed by atoms with Gasteiger partial charge in [-0.15, -0.1) is 0 Å². The molecule has 3 aliphatic rings. The number of halogens is 1. The number of piperidine rings is 1. The van der Waals surface area contributed by atoms with Crippen LogP contribution in [0.5, 0.6) is 0 Å². The van der Waals surface area contributed by atoms with Crippen LogP contribution in [0, 0.1) is 18.8 Å². The Kier molecular flexibility index (Phi) is 6.52. The van der Waals surface area contributed by atoms with E-state index in [4.69, 9.17) is 0 Å². The van der Waals surface area contributed by atoms with Gasteiger partial charge in [0.2, 0.25) is 21.8 Å². The number of hydrogen-bond donors (Lipinski definition) is 1. The zero-order valence-corrected chi connectivity index (χ0v) is 22.4. The lowest BCUT2D eigenvalue weighted by Crippen LogP contribution is -2.41. The summed E-state index contributed by atoms with van der Waals surface area (Å²) in [4.78, 5) is 27.6. The maximum Gasteiger partial charge on any atom is 0.243 e. The summed E-state index contributed by atoms with van der Waals surface area (Å²) >= 11 is 3.46. The number of aryl methyl sites for hydroxylation is 1. The number of carbonyl (C=O) groups is 2. The van der Waals surface area contributed by atoms with Crippen LogP contribution in [0.25, 0.3) is 0 Å². The summed E-state index contributed by atoms with van der Waals surface area (Å²) in [6.45, 7) is 4.59. The number of hydrogen-bond acceptors (Lipinski definition) is 4. The normalized spacial score (nSPS) is 21.1. The molecule has 35 heavy (non-hydrogen) atoms. The molecule has 2 amide bonds. The second-order valence-electron chi connectivity index (χ2n) is 9.96. The van der Waals surface area contributed by atoms with Gasteiger partial charge in [-0.1, -0.05) is 15.9 Å². The van der Waals surface area contributed by atoms with E-state index in [1.54, 1.807) is 18.2 Å². The number of anilines is 2. The number of rotatable bonds is 5. The quantitative estimate of drug-likeness (QED) is 0.584. The van der Waals surface area contributed by atoms with Crippen LogP contribution in [-0.2, 0) is 26.0 Å². The van der Waals surface area contributed by atoms with Gasteiger partial charge in [-0.05, 0) is 93.5 Å². The molecular formula is C26H30BrN3O4S. The molecule has 0 unspecified atom stereocenters. The predicted molar refractivity (Wildman–Crippen MR) is 139 cm³/mol. The van der Waals surface area contributed by atoms with Crippen molar-refractivity contribution < 1.29 is 18.0 Å². The first kappa shape index (κ1) is 24.5. The van der Waals surface area contributed by atoms with Crippen molar-refractivity contribution in [1.82, 2.24) is 4.31 Å². The molecule has 2 aromatic carbocycles. The van der Waals surface area contributed by atoms with E-state index in [-0.39, 0.29) is 34.6 Å². The molecule has 1 aliphatic carbocycles. The first-order chi connectivity index (χ1) is 16.6. The van der Waals surface area contributed by atoms with Gasteiger partial charge in [0.25, 0.3) is 0 Å². The molecule has 186 valence electrons. The fraction of sp³-hybridized carbons (Fsp3) is 0.462. The summed E-state index contributed by atoms with van der Waals surface area (Å²) in [5, 5.41) is 2.96. The van der Waals surface area contributed by atoms with Crippen LogP contribution in [0.3, 0.4) is 0 Å². The third-order valence-electron chi connectivity index (χ3n) is 7.32. The van der Waals surface area contributed by atoms with Gasteiger partial charge in [-0.25, -0.2) is 8.42 Å². The highest BCUT2D eigenvalue weighted by atomic mass is 79.9. The van der Waals surface area contributed by atoms with Gasteiger partial charge in [0, 0.05) is 46.8 Å². The highest BCUT2D eigenvalue weighted by Crippen LogP contribution is 2.40. The SMILES string of the molecule is Cc1cc(NC(=O)C2CCN(S(=O)(=O)c3ccc4c(c3)C[C@H](C)N4C(=O)C3CC3)CC2)ccc1Br. The van der Waals surface area contributed by atoms with Gasteiger partial charge in [-0.3, -0.25) is 9.59 Å². The zero-order chi connectivity index (χ0) is 24.9. The van der Waals surface area contributed by atoms with Crippen LogP contribution >= 0.6 is 15.9 Å². The highest BCUT2D eigenvalue weighted by molar-refractivity contribution is 9.10. The van der Waals surface area contributed by atoms with Crippen molar-refractivity contribution >= 4 is 49.1 Å². The molecule has 0 aromatic heterocycles. The molecule has 1 N–H and O–H groups in total. The van der Waals surface area contributed by atoms with E-state index >= 15 is 0 Å². The van der Waals surface area contributed by atoms with Crippen LogP contribution in [0.1, 0.15) is 43.7 Å². The molecular weight excluding hydrogens is 530 g/mol. The molecule has 1 saturated heterocycles. The second kappa shape index (κ2) is 9.33. The maximum atomic E-state index is 13.4. The average Bonchev–Trinajstić information content (AvgIpc) is 3.63.